The van der Waals surface area contributed by atoms with E-state index in [1.807, 2.05) is 0 Å². The van der Waals surface area contributed by atoms with Crippen molar-refractivity contribution in [3.63, 3.8) is 0 Å². The van der Waals surface area contributed by atoms with E-state index in [1.54, 1.807) is 0 Å². The predicted octanol–water partition coefficient (Wildman–Crippen LogP) is 3.44. The van der Waals surface area contributed by atoms with Crippen LogP contribution in [0.4, 0.5) is 0 Å². The molecule has 5 rings (SSSR count). The number of tetrazole rings is 1. The van der Waals surface area contributed by atoms with Gasteiger partial charge in [0.25, 0.3) is 0 Å². The molecule has 1 atom stereocenters. The number of benzene rings is 1. The maximum atomic E-state index is 4.56. The highest BCUT2D eigenvalue weighted by Crippen LogP contribution is 2.35. The van der Waals surface area contributed by atoms with E-state index >= 15 is 0 Å². The van der Waals surface area contributed by atoms with Gasteiger partial charge in [-0.2, -0.15) is 0 Å². The quantitative estimate of drug-likeness (QED) is 0.795. The second-order valence-corrected chi connectivity index (χ2v) is 8.74. The van der Waals surface area contributed by atoms with Crippen LogP contribution in [0.5, 0.6) is 0 Å². The van der Waals surface area contributed by atoms with Crippen LogP contribution in [-0.4, -0.2) is 62.2 Å². The summed E-state index contributed by atoms with van der Waals surface area (Å²) in [6.45, 7) is 4.51. The molecular weight excluding hydrogens is 348 g/mol. The Morgan fingerprint density at radius 3 is 2.11 bits per heavy atom. The van der Waals surface area contributed by atoms with Gasteiger partial charge in [0.05, 0.1) is 12.1 Å². The molecule has 0 amide bonds. The fourth-order valence-corrected chi connectivity index (χ4v) is 5.58. The van der Waals surface area contributed by atoms with Gasteiger partial charge in [0.2, 0.25) is 0 Å². The zero-order chi connectivity index (χ0) is 18.8. The van der Waals surface area contributed by atoms with Gasteiger partial charge in [0.15, 0.2) is 5.82 Å². The number of aromatic nitrogens is 4. The molecule has 3 aliphatic rings. The molecule has 2 aliphatic carbocycles. The molecule has 0 radical (unpaired) electrons. The summed E-state index contributed by atoms with van der Waals surface area (Å²) >= 11 is 0. The van der Waals surface area contributed by atoms with E-state index in [9.17, 15) is 0 Å². The van der Waals surface area contributed by atoms with Crippen LogP contribution in [0.25, 0.3) is 0 Å². The van der Waals surface area contributed by atoms with Crippen molar-refractivity contribution in [1.82, 2.24) is 30.0 Å². The fraction of sp³-hybridized carbons (Fsp3) is 0.682. The average Bonchev–Trinajstić information content (AvgIpc) is 3.51. The highest BCUT2D eigenvalue weighted by Gasteiger charge is 2.34. The smallest absolute Gasteiger partial charge is 0.173 e. The van der Waals surface area contributed by atoms with E-state index in [4.69, 9.17) is 0 Å². The first-order chi connectivity index (χ1) is 13.9. The van der Waals surface area contributed by atoms with E-state index in [0.717, 1.165) is 25.0 Å². The Balaban J connectivity index is 1.40. The van der Waals surface area contributed by atoms with Gasteiger partial charge in [0, 0.05) is 32.2 Å². The van der Waals surface area contributed by atoms with Crippen LogP contribution in [0.3, 0.4) is 0 Å². The van der Waals surface area contributed by atoms with Crippen molar-refractivity contribution in [2.24, 2.45) is 0 Å². The van der Waals surface area contributed by atoms with Crippen LogP contribution in [-0.2, 0) is 0 Å². The molecule has 2 aromatic rings. The van der Waals surface area contributed by atoms with Crippen LogP contribution in [0.1, 0.15) is 74.8 Å². The number of rotatable bonds is 5. The summed E-state index contributed by atoms with van der Waals surface area (Å²) in [7, 11) is 0. The molecule has 1 saturated heterocycles. The highest BCUT2D eigenvalue weighted by atomic mass is 15.6. The Labute approximate surface area is 167 Å². The van der Waals surface area contributed by atoms with E-state index in [2.05, 4.69) is 60.3 Å². The number of hydrogen-bond acceptors (Lipinski definition) is 5. The van der Waals surface area contributed by atoms with Crippen molar-refractivity contribution in [2.75, 3.05) is 26.2 Å². The molecule has 28 heavy (non-hydrogen) atoms. The van der Waals surface area contributed by atoms with Gasteiger partial charge in [-0.25, -0.2) is 4.68 Å². The molecule has 150 valence electrons. The fourth-order valence-electron chi connectivity index (χ4n) is 5.58. The minimum atomic E-state index is 0.155. The summed E-state index contributed by atoms with van der Waals surface area (Å²) in [5.74, 6) is 1.03. The third-order valence-corrected chi connectivity index (χ3v) is 7.10. The molecular formula is C22H32N6. The molecule has 2 heterocycles. The first-order valence-corrected chi connectivity index (χ1v) is 11.2. The van der Waals surface area contributed by atoms with Gasteiger partial charge in [-0.15, -0.1) is 5.10 Å². The minimum absolute atomic E-state index is 0.155. The Hall–Kier alpha value is -1.79. The van der Waals surface area contributed by atoms with Crippen molar-refractivity contribution < 1.29 is 0 Å². The van der Waals surface area contributed by atoms with Crippen LogP contribution in [0.2, 0.25) is 0 Å². The molecule has 1 aromatic carbocycles. The first-order valence-electron chi connectivity index (χ1n) is 11.2. The lowest BCUT2D eigenvalue weighted by Gasteiger charge is -2.41. The van der Waals surface area contributed by atoms with Crippen LogP contribution in [0.15, 0.2) is 30.3 Å². The number of nitrogens with zero attached hydrogens (tertiary/aromatic N) is 6. The van der Waals surface area contributed by atoms with Crippen LogP contribution < -0.4 is 0 Å². The monoisotopic (exact) mass is 380 g/mol. The lowest BCUT2D eigenvalue weighted by Crippen LogP contribution is -2.51. The van der Waals surface area contributed by atoms with Gasteiger partial charge in [0.1, 0.15) is 0 Å². The second kappa shape index (κ2) is 8.29. The summed E-state index contributed by atoms with van der Waals surface area (Å²) in [5, 5.41) is 13.1. The van der Waals surface area contributed by atoms with Crippen molar-refractivity contribution in [1.29, 1.82) is 0 Å². The van der Waals surface area contributed by atoms with E-state index in [1.165, 1.54) is 70.0 Å². The van der Waals surface area contributed by atoms with Gasteiger partial charge >= 0.3 is 0 Å². The molecule has 1 unspecified atom stereocenters. The highest BCUT2D eigenvalue weighted by molar-refractivity contribution is 5.25. The Kier molecular flexibility index (Phi) is 5.41. The number of piperazine rings is 1. The molecule has 1 aliphatic heterocycles. The van der Waals surface area contributed by atoms with E-state index < -0.39 is 0 Å². The normalized spacial score (nSPS) is 24.1. The lowest BCUT2D eigenvalue weighted by atomic mass is 10.0. The largest absolute Gasteiger partial charge is 0.298 e. The molecule has 3 fully saturated rings. The second-order valence-electron chi connectivity index (χ2n) is 8.74. The maximum absolute atomic E-state index is 4.56. The zero-order valence-electron chi connectivity index (χ0n) is 16.8. The zero-order valence-corrected chi connectivity index (χ0v) is 16.8. The molecule has 0 N–H and O–H groups in total. The maximum Gasteiger partial charge on any atom is 0.173 e. The first kappa shape index (κ1) is 18.3. The van der Waals surface area contributed by atoms with Crippen LogP contribution in [0, 0.1) is 0 Å². The molecule has 6 nitrogen and oxygen atoms in total. The molecule has 0 bridgehead atoms. The third kappa shape index (κ3) is 3.60. The minimum Gasteiger partial charge on any atom is -0.298 e. The standard InChI is InChI=1S/C22H32N6/c1-2-8-18(9-3-1)21(22-23-24-25-28(22)20-12-6-7-13-20)27-16-14-26(15-17-27)19-10-4-5-11-19/h1-3,8-9,19-21H,4-7,10-17H2. The Bertz CT molecular complexity index is 739. The van der Waals surface area contributed by atoms with Crippen molar-refractivity contribution in [2.45, 2.75) is 69.5 Å². The van der Waals surface area contributed by atoms with E-state index in [-0.39, 0.29) is 6.04 Å². The van der Waals surface area contributed by atoms with Gasteiger partial charge < -0.3 is 0 Å². The lowest BCUT2D eigenvalue weighted by molar-refractivity contribution is 0.0765. The van der Waals surface area contributed by atoms with Crippen molar-refractivity contribution in [3.8, 4) is 0 Å². The van der Waals surface area contributed by atoms with Crippen molar-refractivity contribution >= 4 is 0 Å². The van der Waals surface area contributed by atoms with Gasteiger partial charge in [-0.3, -0.25) is 9.80 Å². The topological polar surface area (TPSA) is 50.1 Å². The summed E-state index contributed by atoms with van der Waals surface area (Å²) in [4.78, 5) is 5.34. The van der Waals surface area contributed by atoms with Gasteiger partial charge in [-0.1, -0.05) is 56.0 Å². The van der Waals surface area contributed by atoms with E-state index in [0.29, 0.717) is 6.04 Å². The molecule has 6 heteroatoms. The average molecular weight is 381 g/mol. The SMILES string of the molecule is c1ccc(C(c2nnnn2C2CCCC2)N2CCN(C3CCCC3)CC2)cc1. The summed E-state index contributed by atoms with van der Waals surface area (Å²) in [6.07, 6.45) is 10.6. The summed E-state index contributed by atoms with van der Waals surface area (Å²) in [5.41, 5.74) is 1.31. The molecule has 0 spiro atoms. The molecule has 2 saturated carbocycles. The summed E-state index contributed by atoms with van der Waals surface area (Å²) in [6, 6.07) is 12.3. The molecule has 1 aromatic heterocycles. The van der Waals surface area contributed by atoms with Crippen molar-refractivity contribution in [3.05, 3.63) is 41.7 Å². The Morgan fingerprint density at radius 2 is 1.43 bits per heavy atom. The van der Waals surface area contributed by atoms with Crippen LogP contribution >= 0.6 is 0 Å². The predicted molar refractivity (Wildman–Crippen MR) is 109 cm³/mol. The Morgan fingerprint density at radius 1 is 0.786 bits per heavy atom. The summed E-state index contributed by atoms with van der Waals surface area (Å²) < 4.78 is 2.15. The third-order valence-electron chi connectivity index (χ3n) is 7.10. The van der Waals surface area contributed by atoms with Gasteiger partial charge in [-0.05, 0) is 41.7 Å². The number of hydrogen-bond donors (Lipinski definition) is 0.